The topological polar surface area (TPSA) is 86.8 Å². The van der Waals surface area contributed by atoms with E-state index in [1.807, 2.05) is 87.5 Å². The van der Waals surface area contributed by atoms with Gasteiger partial charge in [0.2, 0.25) is 21.8 Å². The fourth-order valence-electron chi connectivity index (χ4n) is 4.61. The monoisotopic (exact) mass is 641 g/mol. The third-order valence-electron chi connectivity index (χ3n) is 7.07. The summed E-state index contributed by atoms with van der Waals surface area (Å²) in [6, 6.07) is 23.9. The highest BCUT2D eigenvalue weighted by atomic mass is 79.9. The number of halogens is 1. The average Bonchev–Trinajstić information content (AvgIpc) is 2.94. The SMILES string of the molecule is CC[C@@H](C)NC(=O)[C@@H](Cc1ccccc1)N(Cc1ccc(Br)cc1)C(=O)CCCN(c1ccccc1C)S(C)(=O)=O. The van der Waals surface area contributed by atoms with Gasteiger partial charge in [0.05, 0.1) is 11.9 Å². The molecule has 0 saturated heterocycles. The van der Waals surface area contributed by atoms with Gasteiger partial charge in [-0.2, -0.15) is 0 Å². The number of benzene rings is 3. The molecule has 0 saturated carbocycles. The summed E-state index contributed by atoms with van der Waals surface area (Å²) in [4.78, 5) is 29.2. The molecular formula is C32H40BrN3O4S. The van der Waals surface area contributed by atoms with Gasteiger partial charge in [0, 0.05) is 36.4 Å². The number of carbonyl (C=O) groups excluding carboxylic acids is 2. The molecule has 0 fully saturated rings. The lowest BCUT2D eigenvalue weighted by molar-refractivity contribution is -0.141. The van der Waals surface area contributed by atoms with Crippen LogP contribution in [0, 0.1) is 6.92 Å². The molecule has 9 heteroatoms. The Kier molecular flexibility index (Phi) is 12.0. The quantitative estimate of drug-likeness (QED) is 0.239. The van der Waals surface area contributed by atoms with Gasteiger partial charge in [-0.1, -0.05) is 83.5 Å². The van der Waals surface area contributed by atoms with Gasteiger partial charge in [0.25, 0.3) is 0 Å². The van der Waals surface area contributed by atoms with E-state index >= 15 is 0 Å². The van der Waals surface area contributed by atoms with Gasteiger partial charge in [-0.25, -0.2) is 8.42 Å². The second-order valence-electron chi connectivity index (χ2n) is 10.4. The molecule has 0 aromatic heterocycles. The van der Waals surface area contributed by atoms with E-state index in [-0.39, 0.29) is 37.4 Å². The number of nitrogens with one attached hydrogen (secondary N) is 1. The molecule has 2 amide bonds. The first-order chi connectivity index (χ1) is 19.5. The van der Waals surface area contributed by atoms with E-state index in [0.29, 0.717) is 18.5 Å². The molecule has 0 aliphatic heterocycles. The first kappa shape index (κ1) is 32.3. The molecule has 0 spiro atoms. The first-order valence-electron chi connectivity index (χ1n) is 13.9. The van der Waals surface area contributed by atoms with Crippen LogP contribution in [0.15, 0.2) is 83.3 Å². The third kappa shape index (κ3) is 9.71. The maximum Gasteiger partial charge on any atom is 0.243 e. The zero-order chi connectivity index (χ0) is 30.0. The molecule has 0 aliphatic carbocycles. The summed E-state index contributed by atoms with van der Waals surface area (Å²) in [5, 5.41) is 3.07. The summed E-state index contributed by atoms with van der Waals surface area (Å²) in [5.41, 5.74) is 3.29. The van der Waals surface area contributed by atoms with Crippen molar-refractivity contribution in [2.75, 3.05) is 17.1 Å². The maximum absolute atomic E-state index is 13.9. The number of rotatable bonds is 14. The maximum atomic E-state index is 13.9. The Balaban J connectivity index is 1.89. The van der Waals surface area contributed by atoms with Gasteiger partial charge in [0.1, 0.15) is 6.04 Å². The second kappa shape index (κ2) is 15.2. The standard InChI is InChI=1S/C32H40BrN3O4S/c1-5-25(3)34-32(38)30(22-26-13-7-6-8-14-26)35(23-27-17-19-28(33)20-18-27)31(37)16-11-21-36(41(4,39)40)29-15-10-9-12-24(29)2/h6-10,12-15,17-20,25,30H,5,11,16,21-23H2,1-4H3,(H,34,38)/t25-,30-/m1/s1. The Morgan fingerprint density at radius 1 is 0.927 bits per heavy atom. The molecule has 0 aliphatic rings. The van der Waals surface area contributed by atoms with Crippen LogP contribution in [0.1, 0.15) is 49.8 Å². The van der Waals surface area contributed by atoms with E-state index in [1.165, 1.54) is 10.6 Å². The van der Waals surface area contributed by atoms with E-state index in [0.717, 1.165) is 27.6 Å². The van der Waals surface area contributed by atoms with Crippen molar-refractivity contribution in [2.45, 2.75) is 65.1 Å². The van der Waals surface area contributed by atoms with Crippen molar-refractivity contribution in [1.82, 2.24) is 10.2 Å². The summed E-state index contributed by atoms with van der Waals surface area (Å²) in [7, 11) is -3.56. The van der Waals surface area contributed by atoms with Gasteiger partial charge in [-0.15, -0.1) is 0 Å². The molecule has 0 heterocycles. The minimum atomic E-state index is -3.56. The number of amides is 2. The van der Waals surface area contributed by atoms with Gasteiger partial charge in [0.15, 0.2) is 0 Å². The largest absolute Gasteiger partial charge is 0.352 e. The summed E-state index contributed by atoms with van der Waals surface area (Å²) >= 11 is 3.46. The minimum Gasteiger partial charge on any atom is -0.352 e. The van der Waals surface area contributed by atoms with E-state index in [4.69, 9.17) is 0 Å². The van der Waals surface area contributed by atoms with Crippen molar-refractivity contribution in [2.24, 2.45) is 0 Å². The average molecular weight is 643 g/mol. The Bertz CT molecular complexity index is 1400. The molecule has 3 aromatic rings. The van der Waals surface area contributed by atoms with Crippen LogP contribution in [0.3, 0.4) is 0 Å². The number of nitrogens with zero attached hydrogens (tertiary/aromatic N) is 2. The molecule has 7 nitrogen and oxygen atoms in total. The van der Waals surface area contributed by atoms with Crippen LogP contribution in [0.25, 0.3) is 0 Å². The van der Waals surface area contributed by atoms with E-state index in [1.54, 1.807) is 17.0 Å². The molecule has 0 unspecified atom stereocenters. The minimum absolute atomic E-state index is 0.0390. The highest BCUT2D eigenvalue weighted by Crippen LogP contribution is 2.23. The zero-order valence-electron chi connectivity index (χ0n) is 24.2. The van der Waals surface area contributed by atoms with Crippen LogP contribution >= 0.6 is 15.9 Å². The van der Waals surface area contributed by atoms with Crippen molar-refractivity contribution in [3.05, 3.63) is 100 Å². The fourth-order valence-corrected chi connectivity index (χ4v) is 5.89. The lowest BCUT2D eigenvalue weighted by Crippen LogP contribution is -2.52. The van der Waals surface area contributed by atoms with Crippen LogP contribution in [-0.4, -0.2) is 50.0 Å². The smallest absolute Gasteiger partial charge is 0.243 e. The fraction of sp³-hybridized carbons (Fsp3) is 0.375. The van der Waals surface area contributed by atoms with Crippen LogP contribution in [0.2, 0.25) is 0 Å². The number of aryl methyl sites for hydroxylation is 1. The van der Waals surface area contributed by atoms with Crippen LogP contribution in [0.4, 0.5) is 5.69 Å². The van der Waals surface area contributed by atoms with Gasteiger partial charge in [-0.3, -0.25) is 13.9 Å². The second-order valence-corrected chi connectivity index (χ2v) is 13.2. The Hall–Kier alpha value is -3.17. The summed E-state index contributed by atoms with van der Waals surface area (Å²) in [5.74, 6) is -0.405. The molecular weight excluding hydrogens is 602 g/mol. The van der Waals surface area contributed by atoms with Crippen LogP contribution < -0.4 is 9.62 Å². The lowest BCUT2D eigenvalue weighted by Gasteiger charge is -2.33. The van der Waals surface area contributed by atoms with Crippen molar-refractivity contribution in [3.63, 3.8) is 0 Å². The molecule has 1 N–H and O–H groups in total. The van der Waals surface area contributed by atoms with Crippen molar-refractivity contribution < 1.29 is 18.0 Å². The molecule has 0 bridgehead atoms. The number of sulfonamides is 1. The lowest BCUT2D eigenvalue weighted by atomic mass is 10.0. The number of para-hydroxylation sites is 1. The van der Waals surface area contributed by atoms with E-state index < -0.39 is 16.1 Å². The summed E-state index contributed by atoms with van der Waals surface area (Å²) in [6.07, 6.45) is 2.71. The van der Waals surface area contributed by atoms with Crippen LogP contribution in [0.5, 0.6) is 0 Å². The normalized spacial score (nSPS) is 12.8. The Labute approximate surface area is 253 Å². The number of hydrogen-bond donors (Lipinski definition) is 1. The Morgan fingerprint density at radius 2 is 1.56 bits per heavy atom. The highest BCUT2D eigenvalue weighted by Gasteiger charge is 2.31. The number of hydrogen-bond acceptors (Lipinski definition) is 4. The van der Waals surface area contributed by atoms with E-state index in [9.17, 15) is 18.0 Å². The van der Waals surface area contributed by atoms with Gasteiger partial charge in [-0.05, 0) is 61.6 Å². The van der Waals surface area contributed by atoms with E-state index in [2.05, 4.69) is 21.2 Å². The van der Waals surface area contributed by atoms with Crippen molar-refractivity contribution >= 4 is 43.5 Å². The molecule has 220 valence electrons. The summed E-state index contributed by atoms with van der Waals surface area (Å²) in [6.45, 7) is 6.23. The number of anilines is 1. The Morgan fingerprint density at radius 3 is 2.17 bits per heavy atom. The molecule has 0 radical (unpaired) electrons. The molecule has 3 aromatic carbocycles. The van der Waals surface area contributed by atoms with Crippen LogP contribution in [-0.2, 0) is 32.6 Å². The summed E-state index contributed by atoms with van der Waals surface area (Å²) < 4.78 is 27.6. The third-order valence-corrected chi connectivity index (χ3v) is 8.78. The number of carbonyl (C=O) groups is 2. The zero-order valence-corrected chi connectivity index (χ0v) is 26.6. The predicted molar refractivity (Wildman–Crippen MR) is 169 cm³/mol. The highest BCUT2D eigenvalue weighted by molar-refractivity contribution is 9.10. The van der Waals surface area contributed by atoms with Crippen molar-refractivity contribution in [3.8, 4) is 0 Å². The molecule has 41 heavy (non-hydrogen) atoms. The molecule has 2 atom stereocenters. The molecule has 3 rings (SSSR count). The first-order valence-corrected chi connectivity index (χ1v) is 16.5. The van der Waals surface area contributed by atoms with Gasteiger partial charge >= 0.3 is 0 Å². The predicted octanol–water partition coefficient (Wildman–Crippen LogP) is 5.86. The van der Waals surface area contributed by atoms with Gasteiger partial charge < -0.3 is 10.2 Å². The van der Waals surface area contributed by atoms with Crippen molar-refractivity contribution in [1.29, 1.82) is 0 Å².